The Bertz CT molecular complexity index is 1450. The Morgan fingerprint density at radius 1 is 0.842 bits per heavy atom. The molecule has 0 spiro atoms. The van der Waals surface area contributed by atoms with Crippen LogP contribution in [0.2, 0.25) is 5.15 Å². The molecule has 0 aliphatic carbocycles. The van der Waals surface area contributed by atoms with Gasteiger partial charge in [0.25, 0.3) is 0 Å². The summed E-state index contributed by atoms with van der Waals surface area (Å²) in [5, 5.41) is 2.66. The lowest BCUT2D eigenvalue weighted by molar-refractivity contribution is -0.686. The number of pyridine rings is 2. The molecule has 1 aliphatic heterocycles. The van der Waals surface area contributed by atoms with E-state index >= 15 is 0 Å². The van der Waals surface area contributed by atoms with Crippen LogP contribution in [0.3, 0.4) is 0 Å². The van der Waals surface area contributed by atoms with Gasteiger partial charge in [0.1, 0.15) is 11.8 Å². The molecule has 198 valence electrons. The lowest BCUT2D eigenvalue weighted by Gasteiger charge is -2.22. The van der Waals surface area contributed by atoms with Crippen molar-refractivity contribution in [3.63, 3.8) is 0 Å². The third-order valence-corrected chi connectivity index (χ3v) is 7.04. The first-order chi connectivity index (χ1) is 18.6. The third-order valence-electron chi connectivity index (χ3n) is 6.81. The van der Waals surface area contributed by atoms with E-state index in [4.69, 9.17) is 30.5 Å². The maximum absolute atomic E-state index is 6.42. The molecule has 0 radical (unpaired) electrons. The van der Waals surface area contributed by atoms with Gasteiger partial charge in [-0.1, -0.05) is 24.6 Å². The zero-order valence-electron chi connectivity index (χ0n) is 22.5. The van der Waals surface area contributed by atoms with Crippen molar-refractivity contribution in [3.05, 3.63) is 70.6 Å². The van der Waals surface area contributed by atoms with Crippen molar-refractivity contribution < 1.29 is 23.5 Å². The highest BCUT2D eigenvalue weighted by Crippen LogP contribution is 2.43. The average molecular weight is 534 g/mol. The van der Waals surface area contributed by atoms with Crippen molar-refractivity contribution in [3.8, 4) is 34.3 Å². The Morgan fingerprint density at radius 2 is 1.58 bits per heavy atom. The van der Waals surface area contributed by atoms with Gasteiger partial charge in [-0.05, 0) is 63.1 Å². The third kappa shape index (κ3) is 4.97. The summed E-state index contributed by atoms with van der Waals surface area (Å²) >= 11 is 5.97. The molecule has 2 aromatic heterocycles. The van der Waals surface area contributed by atoms with E-state index in [1.165, 1.54) is 22.4 Å². The molecule has 0 atom stereocenters. The first-order valence-electron chi connectivity index (χ1n) is 13.4. The molecule has 0 N–H and O–H groups in total. The summed E-state index contributed by atoms with van der Waals surface area (Å²) < 4.78 is 26.7. The van der Waals surface area contributed by atoms with Crippen LogP contribution in [-0.2, 0) is 26.0 Å². The molecule has 38 heavy (non-hydrogen) atoms. The van der Waals surface area contributed by atoms with Gasteiger partial charge < -0.3 is 18.9 Å². The van der Waals surface area contributed by atoms with Crippen molar-refractivity contribution in [2.45, 2.75) is 53.7 Å². The van der Waals surface area contributed by atoms with Crippen LogP contribution in [-0.4, -0.2) is 24.8 Å². The number of benzene rings is 2. The molecule has 0 unspecified atom stereocenters. The second-order valence-electron chi connectivity index (χ2n) is 9.14. The Kier molecular flexibility index (Phi) is 7.89. The number of halogens is 1. The summed E-state index contributed by atoms with van der Waals surface area (Å²) in [6.45, 7) is 11.2. The molecule has 0 bridgehead atoms. The van der Waals surface area contributed by atoms with Crippen molar-refractivity contribution in [2.75, 3.05) is 19.8 Å². The van der Waals surface area contributed by atoms with Gasteiger partial charge in [0.15, 0.2) is 35.7 Å². The molecule has 1 aliphatic rings. The molecular formula is C31H34ClN2O4+. The Balaban J connectivity index is 1.66. The molecule has 0 fully saturated rings. The van der Waals surface area contributed by atoms with E-state index in [-0.39, 0.29) is 0 Å². The predicted molar refractivity (Wildman–Crippen MR) is 150 cm³/mol. The van der Waals surface area contributed by atoms with Gasteiger partial charge in [-0.25, -0.2) is 4.98 Å². The van der Waals surface area contributed by atoms with Gasteiger partial charge in [-0.15, -0.1) is 0 Å². The molecule has 0 saturated heterocycles. The number of ether oxygens (including phenoxy) is 4. The van der Waals surface area contributed by atoms with E-state index in [2.05, 4.69) is 40.9 Å². The summed E-state index contributed by atoms with van der Waals surface area (Å²) in [4.78, 5) is 4.19. The second kappa shape index (κ2) is 11.5. The van der Waals surface area contributed by atoms with E-state index in [0.29, 0.717) is 31.6 Å². The fourth-order valence-electron chi connectivity index (χ4n) is 5.22. The summed E-state index contributed by atoms with van der Waals surface area (Å²) in [6, 6.07) is 12.2. The molecule has 0 amide bonds. The van der Waals surface area contributed by atoms with Gasteiger partial charge in [-0.3, -0.25) is 0 Å². The molecule has 3 heterocycles. The Morgan fingerprint density at radius 3 is 2.26 bits per heavy atom. The molecule has 7 heteroatoms. The van der Waals surface area contributed by atoms with E-state index in [9.17, 15) is 0 Å². The normalized spacial score (nSPS) is 12.1. The molecule has 6 nitrogen and oxygen atoms in total. The quantitative estimate of drug-likeness (QED) is 0.167. The fraction of sp³-hybridized carbons (Fsp3) is 0.355. The van der Waals surface area contributed by atoms with Crippen LogP contribution < -0.4 is 23.5 Å². The van der Waals surface area contributed by atoms with Crippen LogP contribution >= 0.6 is 11.6 Å². The minimum absolute atomic E-state index is 0.368. The first kappa shape index (κ1) is 26.1. The summed E-state index contributed by atoms with van der Waals surface area (Å²) in [6.07, 6.45) is 5.73. The topological polar surface area (TPSA) is 53.7 Å². The number of aryl methyl sites for hydroxylation is 3. The van der Waals surface area contributed by atoms with Crippen molar-refractivity contribution in [1.82, 2.24) is 4.98 Å². The lowest BCUT2D eigenvalue weighted by atomic mass is 9.90. The Hall–Kier alpha value is -3.51. The van der Waals surface area contributed by atoms with Crippen LogP contribution in [0.25, 0.3) is 22.0 Å². The predicted octanol–water partition coefficient (Wildman–Crippen LogP) is 6.74. The summed E-state index contributed by atoms with van der Waals surface area (Å²) in [5.74, 6) is 3.09. The minimum Gasteiger partial charge on any atom is -0.490 e. The molecule has 0 saturated carbocycles. The number of nitrogens with zero attached hydrogens (tertiary/aromatic N) is 2. The fourth-order valence-corrected chi connectivity index (χ4v) is 5.33. The molecule has 4 aromatic rings. The maximum atomic E-state index is 6.42. The monoisotopic (exact) mass is 533 g/mol. The summed E-state index contributed by atoms with van der Waals surface area (Å²) in [7, 11) is 0. The van der Waals surface area contributed by atoms with E-state index in [1.807, 2.05) is 32.9 Å². The van der Waals surface area contributed by atoms with Crippen LogP contribution in [0.15, 0.2) is 48.8 Å². The van der Waals surface area contributed by atoms with Crippen LogP contribution in [0.5, 0.6) is 23.0 Å². The number of fused-ring (bicyclic) bond motifs is 4. The lowest BCUT2D eigenvalue weighted by Crippen LogP contribution is -2.41. The van der Waals surface area contributed by atoms with E-state index in [1.54, 1.807) is 12.3 Å². The number of hydrogen-bond acceptors (Lipinski definition) is 5. The molecule has 5 rings (SSSR count). The molecule has 2 aromatic carbocycles. The largest absolute Gasteiger partial charge is 0.490 e. The minimum atomic E-state index is 0.368. The second-order valence-corrected chi connectivity index (χ2v) is 9.53. The van der Waals surface area contributed by atoms with Gasteiger partial charge in [-0.2, -0.15) is 4.57 Å². The number of rotatable bonds is 10. The zero-order valence-corrected chi connectivity index (χ0v) is 23.2. The van der Waals surface area contributed by atoms with Crippen LogP contribution in [0, 0.1) is 0 Å². The van der Waals surface area contributed by atoms with Crippen molar-refractivity contribution >= 4 is 22.4 Å². The van der Waals surface area contributed by atoms with Crippen LogP contribution in [0.1, 0.15) is 44.4 Å². The summed E-state index contributed by atoms with van der Waals surface area (Å²) in [5.41, 5.74) is 5.92. The maximum Gasteiger partial charge on any atom is 0.216 e. The first-order valence-corrected chi connectivity index (χ1v) is 13.8. The molecular weight excluding hydrogens is 500 g/mol. The average Bonchev–Trinajstić information content (AvgIpc) is 2.92. The van der Waals surface area contributed by atoms with Crippen molar-refractivity contribution in [1.29, 1.82) is 0 Å². The highest BCUT2D eigenvalue weighted by molar-refractivity contribution is 6.29. The number of aromatic nitrogens is 2. The Labute approximate surface area is 229 Å². The van der Waals surface area contributed by atoms with Gasteiger partial charge >= 0.3 is 0 Å². The smallest absolute Gasteiger partial charge is 0.216 e. The highest BCUT2D eigenvalue weighted by atomic mass is 35.5. The standard InChI is InChI=1S/C31H34ClN2O4/c1-5-22-23-10-11-26(35-6-2)31(38-19-20-9-12-29(32)33-17-20)25(23)18-34-14-13-21-15-27(36-7-3)28(37-8-4)16-24(21)30(22)34/h9-12,15-18H,5-8,13-14,19H2,1-4H3/q+1. The van der Waals surface area contributed by atoms with Gasteiger partial charge in [0.2, 0.25) is 5.69 Å². The SMILES string of the molecule is CCOc1cc2c(cc1OCC)-c1c(CC)c3ccc(OCC)c(OCc4ccc(Cl)nc4)c3c[n+]1CC2. The van der Waals surface area contributed by atoms with Gasteiger partial charge in [0, 0.05) is 29.1 Å². The van der Waals surface area contributed by atoms with Crippen molar-refractivity contribution in [2.24, 2.45) is 0 Å². The number of hydrogen-bond donors (Lipinski definition) is 0. The van der Waals surface area contributed by atoms with E-state index in [0.717, 1.165) is 58.7 Å². The highest BCUT2D eigenvalue weighted by Gasteiger charge is 2.31. The van der Waals surface area contributed by atoms with Gasteiger partial charge in [0.05, 0.1) is 30.8 Å². The van der Waals surface area contributed by atoms with E-state index < -0.39 is 0 Å². The zero-order chi connectivity index (χ0) is 26.6. The van der Waals surface area contributed by atoms with Crippen LogP contribution in [0.4, 0.5) is 0 Å².